The second-order valence-corrected chi connectivity index (χ2v) is 9.87. The summed E-state index contributed by atoms with van der Waals surface area (Å²) >= 11 is 0. The minimum atomic E-state index is -3.39. The Morgan fingerprint density at radius 1 is 1.07 bits per heavy atom. The Morgan fingerprint density at radius 2 is 1.80 bits per heavy atom. The number of carbonyl (C=O) groups is 3. The van der Waals surface area contributed by atoms with Gasteiger partial charge < -0.3 is 14.7 Å². The van der Waals surface area contributed by atoms with Gasteiger partial charge in [0.05, 0.1) is 18.0 Å². The van der Waals surface area contributed by atoms with Gasteiger partial charge in [0.15, 0.2) is 0 Å². The van der Waals surface area contributed by atoms with Gasteiger partial charge in [-0.2, -0.15) is 0 Å². The van der Waals surface area contributed by atoms with Gasteiger partial charge in [0, 0.05) is 46.2 Å². The molecule has 2 aliphatic rings. The van der Waals surface area contributed by atoms with Gasteiger partial charge in [-0.05, 0) is 31.0 Å². The Labute approximate surface area is 177 Å². The number of hydrogen-bond donors (Lipinski definition) is 0. The molecule has 2 fully saturated rings. The largest absolute Gasteiger partial charge is 0.347 e. The molecule has 0 aliphatic carbocycles. The number of amides is 3. The first-order valence-corrected chi connectivity index (χ1v) is 11.6. The zero-order valence-electron chi connectivity index (χ0n) is 17.6. The molecule has 0 unspecified atom stereocenters. The fourth-order valence-electron chi connectivity index (χ4n) is 3.86. The highest BCUT2D eigenvalue weighted by Gasteiger charge is 2.37. The fourth-order valence-corrected chi connectivity index (χ4v) is 5.49. The summed E-state index contributed by atoms with van der Waals surface area (Å²) in [7, 11) is -0.171. The summed E-state index contributed by atoms with van der Waals surface area (Å²) in [5.74, 6) is -0.660. The number of anilines is 1. The van der Waals surface area contributed by atoms with Gasteiger partial charge in [-0.1, -0.05) is 6.07 Å². The molecule has 3 rings (SSSR count). The van der Waals surface area contributed by atoms with Crippen LogP contribution in [0.4, 0.5) is 5.69 Å². The van der Waals surface area contributed by atoms with Gasteiger partial charge in [0.1, 0.15) is 6.04 Å². The first kappa shape index (κ1) is 22.1. The van der Waals surface area contributed by atoms with Crippen LogP contribution in [-0.2, 0) is 19.6 Å². The Bertz CT molecular complexity index is 946. The third-order valence-electron chi connectivity index (χ3n) is 5.54. The smallest absolute Gasteiger partial charge is 0.254 e. The van der Waals surface area contributed by atoms with Crippen LogP contribution in [0, 0.1) is 0 Å². The highest BCUT2D eigenvalue weighted by molar-refractivity contribution is 7.92. The molecule has 9 nitrogen and oxygen atoms in total. The first-order valence-electron chi connectivity index (χ1n) is 10.00. The lowest BCUT2D eigenvalue weighted by molar-refractivity contribution is -0.139. The topological polar surface area (TPSA) is 98.3 Å². The van der Waals surface area contributed by atoms with Crippen LogP contribution < -0.4 is 4.31 Å². The quantitative estimate of drug-likeness (QED) is 0.682. The van der Waals surface area contributed by atoms with Crippen LogP contribution in [0.2, 0.25) is 0 Å². The summed E-state index contributed by atoms with van der Waals surface area (Å²) < 4.78 is 26.2. The third kappa shape index (κ3) is 4.43. The van der Waals surface area contributed by atoms with Crippen LogP contribution in [0.1, 0.15) is 30.1 Å². The second kappa shape index (κ2) is 8.63. The minimum Gasteiger partial charge on any atom is -0.347 e. The van der Waals surface area contributed by atoms with Crippen LogP contribution in [0.15, 0.2) is 24.3 Å². The van der Waals surface area contributed by atoms with Crippen LogP contribution in [0.5, 0.6) is 0 Å². The number of sulfonamides is 1. The normalized spacial score (nSPS) is 21.3. The van der Waals surface area contributed by atoms with E-state index in [0.717, 1.165) is 6.42 Å². The van der Waals surface area contributed by atoms with Crippen LogP contribution in [-0.4, -0.2) is 92.9 Å². The third-order valence-corrected chi connectivity index (χ3v) is 7.41. The van der Waals surface area contributed by atoms with Crippen molar-refractivity contribution in [1.29, 1.82) is 0 Å². The molecule has 0 bridgehead atoms. The Kier molecular flexibility index (Phi) is 6.35. The van der Waals surface area contributed by atoms with Crippen molar-refractivity contribution in [3.8, 4) is 0 Å². The summed E-state index contributed by atoms with van der Waals surface area (Å²) in [5, 5.41) is 0. The monoisotopic (exact) mass is 436 g/mol. The molecule has 1 aromatic rings. The van der Waals surface area contributed by atoms with Crippen molar-refractivity contribution in [3.63, 3.8) is 0 Å². The van der Waals surface area contributed by atoms with E-state index >= 15 is 0 Å². The molecule has 10 heteroatoms. The Morgan fingerprint density at radius 3 is 2.43 bits per heavy atom. The molecule has 164 valence electrons. The maximum atomic E-state index is 13.3. The van der Waals surface area contributed by atoms with Crippen molar-refractivity contribution in [2.75, 3.05) is 50.3 Å². The van der Waals surface area contributed by atoms with Crippen LogP contribution in [0.3, 0.4) is 0 Å². The van der Waals surface area contributed by atoms with Crippen LogP contribution in [0.25, 0.3) is 0 Å². The summed E-state index contributed by atoms with van der Waals surface area (Å²) in [4.78, 5) is 42.3. The lowest BCUT2D eigenvalue weighted by Gasteiger charge is -2.41. The summed E-state index contributed by atoms with van der Waals surface area (Å²) in [6.07, 6.45) is 1.40. The SMILES string of the molecule is CC(=O)N1CCN(C(=O)c2cccc(N3CCCCS3(=O)=O)c2)[C@H](C(=O)N(C)C)C1. The van der Waals surface area contributed by atoms with Gasteiger partial charge in [0.2, 0.25) is 21.8 Å². The molecule has 3 amide bonds. The maximum absolute atomic E-state index is 13.3. The Balaban J connectivity index is 1.89. The number of likely N-dealkylation sites (N-methyl/N-ethyl adjacent to an activating group) is 1. The molecule has 0 spiro atoms. The van der Waals surface area contributed by atoms with Gasteiger partial charge in [0.25, 0.3) is 5.91 Å². The van der Waals surface area contributed by atoms with Gasteiger partial charge >= 0.3 is 0 Å². The van der Waals surface area contributed by atoms with E-state index < -0.39 is 16.1 Å². The van der Waals surface area contributed by atoms with Crippen molar-refractivity contribution in [1.82, 2.24) is 14.7 Å². The van der Waals surface area contributed by atoms with E-state index in [4.69, 9.17) is 0 Å². The zero-order chi connectivity index (χ0) is 22.1. The van der Waals surface area contributed by atoms with E-state index in [1.54, 1.807) is 43.3 Å². The number of nitrogens with zero attached hydrogens (tertiary/aromatic N) is 4. The molecule has 0 aromatic heterocycles. The van der Waals surface area contributed by atoms with E-state index in [2.05, 4.69) is 0 Å². The molecule has 30 heavy (non-hydrogen) atoms. The predicted molar refractivity (Wildman–Crippen MR) is 113 cm³/mol. The van der Waals surface area contributed by atoms with Crippen molar-refractivity contribution in [3.05, 3.63) is 29.8 Å². The molecule has 2 saturated heterocycles. The number of hydrogen-bond acceptors (Lipinski definition) is 5. The van der Waals surface area contributed by atoms with Crippen LogP contribution >= 0.6 is 0 Å². The second-order valence-electron chi connectivity index (χ2n) is 7.86. The number of benzene rings is 1. The average molecular weight is 437 g/mol. The average Bonchev–Trinajstić information content (AvgIpc) is 2.71. The zero-order valence-corrected chi connectivity index (χ0v) is 18.4. The van der Waals surface area contributed by atoms with Crippen molar-refractivity contribution in [2.45, 2.75) is 25.8 Å². The highest BCUT2D eigenvalue weighted by Crippen LogP contribution is 2.25. The molecule has 2 aliphatic heterocycles. The molecule has 1 aromatic carbocycles. The lowest BCUT2D eigenvalue weighted by atomic mass is 10.1. The molecular formula is C20H28N4O5S. The molecular weight excluding hydrogens is 408 g/mol. The fraction of sp³-hybridized carbons (Fsp3) is 0.550. The molecule has 0 radical (unpaired) electrons. The van der Waals surface area contributed by atoms with Gasteiger partial charge in [-0.25, -0.2) is 8.42 Å². The highest BCUT2D eigenvalue weighted by atomic mass is 32.2. The Hall–Kier alpha value is -2.62. The molecule has 0 N–H and O–H groups in total. The van der Waals surface area contributed by atoms with E-state index in [9.17, 15) is 22.8 Å². The summed E-state index contributed by atoms with van der Waals surface area (Å²) in [5.41, 5.74) is 0.777. The summed E-state index contributed by atoms with van der Waals surface area (Å²) in [6.45, 7) is 2.54. The maximum Gasteiger partial charge on any atom is 0.254 e. The number of piperazine rings is 1. The standard InChI is InChI=1S/C20H28N4O5S/c1-15(25)22-10-11-23(18(14-22)20(27)21(2)3)19(26)16-7-6-8-17(13-16)24-9-4-5-12-30(24,28)29/h6-8,13,18H,4-5,9-12,14H2,1-3H3/t18-/m0/s1. The summed E-state index contributed by atoms with van der Waals surface area (Å²) in [6, 6.07) is 5.74. The van der Waals surface area contributed by atoms with E-state index in [0.29, 0.717) is 30.8 Å². The first-order chi connectivity index (χ1) is 14.1. The predicted octanol–water partition coefficient (Wildman–Crippen LogP) is 0.378. The van der Waals surface area contributed by atoms with Crippen molar-refractivity contribution < 1.29 is 22.8 Å². The molecule has 1 atom stereocenters. The number of rotatable bonds is 3. The van der Waals surface area contributed by atoms with Gasteiger partial charge in [-0.15, -0.1) is 0 Å². The molecule has 2 heterocycles. The van der Waals surface area contributed by atoms with E-state index in [1.807, 2.05) is 0 Å². The van der Waals surface area contributed by atoms with E-state index in [-0.39, 0.29) is 36.6 Å². The lowest BCUT2D eigenvalue weighted by Crippen LogP contribution is -2.61. The van der Waals surface area contributed by atoms with Gasteiger partial charge in [-0.3, -0.25) is 18.7 Å². The number of carbonyl (C=O) groups excluding carboxylic acids is 3. The van der Waals surface area contributed by atoms with E-state index in [1.165, 1.54) is 21.0 Å². The van der Waals surface area contributed by atoms with Crippen molar-refractivity contribution in [2.24, 2.45) is 0 Å². The minimum absolute atomic E-state index is 0.0948. The molecule has 0 saturated carbocycles. The van der Waals surface area contributed by atoms with Crippen molar-refractivity contribution >= 4 is 33.4 Å².